The Morgan fingerprint density at radius 2 is 1.89 bits per heavy atom. The van der Waals surface area contributed by atoms with Crippen LogP contribution in [0.5, 0.6) is 11.5 Å². The summed E-state index contributed by atoms with van der Waals surface area (Å²) in [7, 11) is 1.69. The molecule has 9 nitrogen and oxygen atoms in total. The SMILES string of the molecule is COc1cccc2sc([C@@H]3CCN(C[C@H](O)C4(Oc5cccc6[nH]ccc56)OC(=O)C(=O)O4)[C@@H](C)C3)cc12. The van der Waals surface area contributed by atoms with Crippen molar-refractivity contribution in [3.05, 3.63) is 59.6 Å². The minimum absolute atomic E-state index is 0.0950. The van der Waals surface area contributed by atoms with Crippen molar-refractivity contribution in [3.8, 4) is 11.5 Å². The number of carbonyl (C=O) groups excluding carboxylic acids is 2. The Bertz CT molecular complexity index is 1500. The van der Waals surface area contributed by atoms with Crippen molar-refractivity contribution in [2.45, 2.75) is 43.8 Å². The molecule has 3 atom stereocenters. The number of benzene rings is 2. The first kappa shape index (κ1) is 24.7. The first-order chi connectivity index (χ1) is 18.4. The molecule has 2 aliphatic rings. The zero-order valence-corrected chi connectivity index (χ0v) is 21.8. The second-order valence-electron chi connectivity index (χ2n) is 9.78. The number of hydrogen-bond donors (Lipinski definition) is 2. The van der Waals surface area contributed by atoms with Gasteiger partial charge in [0.15, 0.2) is 6.10 Å². The van der Waals surface area contributed by atoms with Crippen LogP contribution in [0.15, 0.2) is 54.7 Å². The lowest BCUT2D eigenvalue weighted by Gasteiger charge is -2.40. The van der Waals surface area contributed by atoms with E-state index in [1.807, 2.05) is 18.2 Å². The maximum atomic E-state index is 12.1. The number of aliphatic hydroxyl groups is 1. The number of methoxy groups -OCH3 is 1. The van der Waals surface area contributed by atoms with Crippen LogP contribution in [0.3, 0.4) is 0 Å². The Hall–Kier alpha value is -3.60. The minimum atomic E-state index is -2.27. The molecule has 198 valence electrons. The highest BCUT2D eigenvalue weighted by molar-refractivity contribution is 7.19. The smallest absolute Gasteiger partial charge is 0.451 e. The summed E-state index contributed by atoms with van der Waals surface area (Å²) in [6, 6.07) is 15.5. The number of nitrogens with zero attached hydrogens (tertiary/aromatic N) is 1. The van der Waals surface area contributed by atoms with Gasteiger partial charge in [-0.05, 0) is 68.6 Å². The number of β-amino-alcohol motifs (C(OH)–C–C–N with tert-alkyl or cyclic N) is 1. The average molecular weight is 537 g/mol. The number of cyclic esters (lactones) is 2. The summed E-state index contributed by atoms with van der Waals surface area (Å²) in [5.74, 6) is -3.09. The molecule has 0 amide bonds. The molecule has 0 radical (unpaired) electrons. The van der Waals surface area contributed by atoms with Gasteiger partial charge in [0.1, 0.15) is 11.5 Å². The summed E-state index contributed by atoms with van der Waals surface area (Å²) in [6.07, 6.45) is 2.09. The van der Waals surface area contributed by atoms with Crippen LogP contribution in [0.4, 0.5) is 0 Å². The number of fused-ring (bicyclic) bond motifs is 2. The quantitative estimate of drug-likeness (QED) is 0.268. The number of aromatic amines is 1. The lowest BCUT2D eigenvalue weighted by molar-refractivity contribution is -0.319. The van der Waals surface area contributed by atoms with Crippen molar-refractivity contribution < 1.29 is 33.6 Å². The molecule has 2 saturated heterocycles. The Kier molecular flexibility index (Phi) is 6.25. The van der Waals surface area contributed by atoms with Crippen molar-refractivity contribution in [1.29, 1.82) is 0 Å². The second kappa shape index (κ2) is 9.61. The molecule has 0 unspecified atom stereocenters. The van der Waals surface area contributed by atoms with Crippen LogP contribution in [0.1, 0.15) is 30.6 Å². The number of nitrogens with one attached hydrogen (secondary N) is 1. The largest absolute Gasteiger partial charge is 0.496 e. The first-order valence-corrected chi connectivity index (χ1v) is 13.4. The van der Waals surface area contributed by atoms with Gasteiger partial charge in [0, 0.05) is 44.6 Å². The molecule has 2 aliphatic heterocycles. The van der Waals surface area contributed by atoms with Crippen LogP contribution in [0.2, 0.25) is 0 Å². The fourth-order valence-corrected chi connectivity index (χ4v) is 6.65. The number of rotatable bonds is 7. The van der Waals surface area contributed by atoms with Gasteiger partial charge in [0.2, 0.25) is 0 Å². The highest BCUT2D eigenvalue weighted by Gasteiger charge is 2.58. The van der Waals surface area contributed by atoms with Gasteiger partial charge in [-0.3, -0.25) is 4.90 Å². The highest BCUT2D eigenvalue weighted by atomic mass is 32.1. The maximum absolute atomic E-state index is 12.1. The number of carbonyl (C=O) groups is 2. The van der Waals surface area contributed by atoms with Gasteiger partial charge in [-0.25, -0.2) is 9.59 Å². The molecule has 2 aromatic carbocycles. The summed E-state index contributed by atoms with van der Waals surface area (Å²) >= 11 is 1.79. The van der Waals surface area contributed by atoms with Crippen LogP contribution in [-0.2, 0) is 19.1 Å². The van der Waals surface area contributed by atoms with Crippen LogP contribution >= 0.6 is 11.3 Å². The zero-order chi connectivity index (χ0) is 26.4. The lowest BCUT2D eigenvalue weighted by Crippen LogP contribution is -2.56. The Morgan fingerprint density at radius 3 is 2.66 bits per heavy atom. The molecular weight excluding hydrogens is 508 g/mol. The molecule has 0 aliphatic carbocycles. The van der Waals surface area contributed by atoms with Crippen molar-refractivity contribution in [3.63, 3.8) is 0 Å². The first-order valence-electron chi connectivity index (χ1n) is 12.6. The van der Waals surface area contributed by atoms with Crippen LogP contribution in [0, 0.1) is 0 Å². The highest BCUT2D eigenvalue weighted by Crippen LogP contribution is 2.41. The molecule has 10 heteroatoms. The number of piperidine rings is 1. The van der Waals surface area contributed by atoms with E-state index in [0.717, 1.165) is 29.5 Å². The van der Waals surface area contributed by atoms with Gasteiger partial charge < -0.3 is 29.0 Å². The second-order valence-corrected chi connectivity index (χ2v) is 10.9. The van der Waals surface area contributed by atoms with Crippen molar-refractivity contribution in [1.82, 2.24) is 9.88 Å². The van der Waals surface area contributed by atoms with Gasteiger partial charge in [-0.2, -0.15) is 0 Å². The fraction of sp³-hybridized carbons (Fsp3) is 0.357. The molecule has 0 saturated carbocycles. The zero-order valence-electron chi connectivity index (χ0n) is 21.0. The molecule has 0 bridgehead atoms. The predicted molar refractivity (Wildman–Crippen MR) is 141 cm³/mol. The summed E-state index contributed by atoms with van der Waals surface area (Å²) < 4.78 is 23.2. The number of thiophene rings is 1. The van der Waals surface area contributed by atoms with Crippen LogP contribution in [0.25, 0.3) is 21.0 Å². The van der Waals surface area contributed by atoms with E-state index in [1.54, 1.807) is 42.8 Å². The van der Waals surface area contributed by atoms with Gasteiger partial charge in [-0.1, -0.05) is 12.1 Å². The molecular formula is C28H28N2O7S. The number of likely N-dealkylation sites (tertiary alicyclic amines) is 1. The van der Waals surface area contributed by atoms with Crippen molar-refractivity contribution in [2.24, 2.45) is 0 Å². The third kappa shape index (κ3) is 4.28. The van der Waals surface area contributed by atoms with Crippen LogP contribution in [-0.4, -0.2) is 65.2 Å². The third-order valence-electron chi connectivity index (χ3n) is 7.44. The number of ether oxygens (including phenoxy) is 4. The number of aromatic nitrogens is 1. The van der Waals surface area contributed by atoms with Gasteiger partial charge in [0.25, 0.3) is 0 Å². The van der Waals surface area contributed by atoms with Crippen molar-refractivity contribution >= 4 is 44.3 Å². The van der Waals surface area contributed by atoms with Gasteiger partial charge in [0.05, 0.1) is 7.11 Å². The third-order valence-corrected chi connectivity index (χ3v) is 8.70. The summed E-state index contributed by atoms with van der Waals surface area (Å²) in [5.41, 5.74) is 0.789. The van der Waals surface area contributed by atoms with E-state index in [2.05, 4.69) is 28.9 Å². The number of aliphatic hydroxyl groups excluding tert-OH is 1. The van der Waals surface area contributed by atoms with Crippen LogP contribution < -0.4 is 9.47 Å². The van der Waals surface area contributed by atoms with Crippen molar-refractivity contribution in [2.75, 3.05) is 20.2 Å². The molecule has 6 rings (SSSR count). The number of hydrogen-bond acceptors (Lipinski definition) is 9. The molecule has 4 heterocycles. The maximum Gasteiger partial charge on any atom is 0.451 e. The minimum Gasteiger partial charge on any atom is -0.496 e. The summed E-state index contributed by atoms with van der Waals surface area (Å²) in [4.78, 5) is 30.6. The number of H-pyrrole nitrogens is 1. The molecule has 2 fully saturated rings. The van der Waals surface area contributed by atoms with E-state index in [1.165, 1.54) is 9.58 Å². The summed E-state index contributed by atoms with van der Waals surface area (Å²) in [5, 5.41) is 13.1. The van der Waals surface area contributed by atoms with E-state index in [-0.39, 0.29) is 12.6 Å². The van der Waals surface area contributed by atoms with Gasteiger partial charge >= 0.3 is 17.9 Å². The van der Waals surface area contributed by atoms with E-state index in [0.29, 0.717) is 23.6 Å². The molecule has 2 aromatic heterocycles. The summed E-state index contributed by atoms with van der Waals surface area (Å²) in [6.45, 7) is 2.91. The Morgan fingerprint density at radius 1 is 1.13 bits per heavy atom. The Labute approximate surface area is 222 Å². The van der Waals surface area contributed by atoms with E-state index < -0.39 is 24.0 Å². The average Bonchev–Trinajstić information content (AvgIpc) is 3.63. The van der Waals surface area contributed by atoms with E-state index >= 15 is 0 Å². The Balaban J connectivity index is 1.19. The topological polar surface area (TPSA) is 110 Å². The standard InChI is InChI=1S/C28H28N2O7S/c1-16-13-17(24-14-19-21(34-2)6-4-8-23(19)38-24)10-12-30(16)15-25(31)28(36-26(32)27(33)37-28)35-22-7-3-5-20-18(22)9-11-29-20/h3-9,11,14,16-17,25,29,31H,10,12-13,15H2,1-2H3/t16-,17+,25-/m0/s1. The molecule has 2 N–H and O–H groups in total. The molecule has 0 spiro atoms. The lowest BCUT2D eigenvalue weighted by atomic mass is 9.90. The molecule has 4 aromatic rings. The number of esters is 2. The van der Waals surface area contributed by atoms with E-state index in [4.69, 9.17) is 18.9 Å². The fourth-order valence-electron chi connectivity index (χ4n) is 5.42. The van der Waals surface area contributed by atoms with Gasteiger partial charge in [-0.15, -0.1) is 11.3 Å². The predicted octanol–water partition coefficient (Wildman–Crippen LogP) is 4.15. The monoisotopic (exact) mass is 536 g/mol. The van der Waals surface area contributed by atoms with E-state index in [9.17, 15) is 14.7 Å². The molecule has 38 heavy (non-hydrogen) atoms. The normalized spacial score (nSPS) is 22.4.